The molecule has 1 heterocycles. The average Bonchev–Trinajstić information content (AvgIpc) is 3.12. The Morgan fingerprint density at radius 3 is 2.46 bits per heavy atom. The Bertz CT molecular complexity index is 938. The van der Waals surface area contributed by atoms with Crippen molar-refractivity contribution < 1.29 is 14.3 Å². The van der Waals surface area contributed by atoms with Crippen molar-refractivity contribution >= 4 is 17.3 Å². The lowest BCUT2D eigenvalue weighted by Gasteiger charge is -2.09. The van der Waals surface area contributed by atoms with Gasteiger partial charge < -0.3 is 5.11 Å². The first-order valence-corrected chi connectivity index (χ1v) is 9.39. The Hall–Kier alpha value is -2.53. The van der Waals surface area contributed by atoms with Gasteiger partial charge in [-0.2, -0.15) is 0 Å². The first kappa shape index (κ1) is 16.9. The van der Waals surface area contributed by atoms with Crippen LogP contribution in [0.25, 0.3) is 10.6 Å². The number of halogens is 1. The number of benzene rings is 2. The van der Waals surface area contributed by atoms with Gasteiger partial charge in [0.05, 0.1) is 5.41 Å². The molecule has 0 bridgehead atoms. The number of carboxylic acids is 1. The standard InChI is InChI=1S/C21H18FNO2S/c1-2-21(20(24)25)17(13-6-4-3-5-7-13)18(21)16-12-23-19(26-16)14-8-10-15(22)11-9-14/h3-12,17-18H,2H2,1H3,(H,24,25). The third-order valence-corrected chi connectivity index (χ3v) is 6.53. The summed E-state index contributed by atoms with van der Waals surface area (Å²) < 4.78 is 13.1. The smallest absolute Gasteiger partial charge is 0.310 e. The Kier molecular flexibility index (Phi) is 4.11. The van der Waals surface area contributed by atoms with E-state index in [4.69, 9.17) is 0 Å². The normalized spacial score (nSPS) is 24.4. The van der Waals surface area contributed by atoms with Gasteiger partial charge in [0.15, 0.2) is 0 Å². The summed E-state index contributed by atoms with van der Waals surface area (Å²) in [5.41, 5.74) is 1.11. The van der Waals surface area contributed by atoms with Crippen LogP contribution < -0.4 is 0 Å². The van der Waals surface area contributed by atoms with Crippen molar-refractivity contribution in [3.8, 4) is 10.6 Å². The Balaban J connectivity index is 1.72. The molecule has 1 N–H and O–H groups in total. The van der Waals surface area contributed by atoms with E-state index in [1.165, 1.54) is 23.5 Å². The number of aromatic nitrogens is 1. The molecule has 1 aliphatic carbocycles. The highest BCUT2D eigenvalue weighted by molar-refractivity contribution is 7.15. The molecule has 26 heavy (non-hydrogen) atoms. The number of nitrogens with zero attached hydrogens (tertiary/aromatic N) is 1. The summed E-state index contributed by atoms with van der Waals surface area (Å²) in [5, 5.41) is 10.8. The molecule has 2 aromatic carbocycles. The first-order chi connectivity index (χ1) is 12.6. The van der Waals surface area contributed by atoms with Crippen LogP contribution in [0, 0.1) is 11.2 Å². The summed E-state index contributed by atoms with van der Waals surface area (Å²) >= 11 is 1.50. The number of carbonyl (C=O) groups is 1. The molecule has 5 heteroatoms. The predicted molar refractivity (Wildman–Crippen MR) is 99.8 cm³/mol. The highest BCUT2D eigenvalue weighted by Gasteiger charge is 2.70. The van der Waals surface area contributed by atoms with Crippen LogP contribution in [0.15, 0.2) is 60.8 Å². The molecular formula is C21H18FNO2S. The molecule has 1 aliphatic rings. The van der Waals surface area contributed by atoms with E-state index in [1.807, 2.05) is 37.3 Å². The zero-order valence-electron chi connectivity index (χ0n) is 14.2. The Morgan fingerprint density at radius 1 is 1.15 bits per heavy atom. The van der Waals surface area contributed by atoms with Crippen molar-refractivity contribution in [3.05, 3.63) is 77.1 Å². The molecule has 0 radical (unpaired) electrons. The first-order valence-electron chi connectivity index (χ1n) is 8.58. The second-order valence-electron chi connectivity index (χ2n) is 6.64. The maximum Gasteiger partial charge on any atom is 0.310 e. The second-order valence-corrected chi connectivity index (χ2v) is 7.70. The van der Waals surface area contributed by atoms with Crippen molar-refractivity contribution in [3.63, 3.8) is 0 Å². The van der Waals surface area contributed by atoms with Crippen molar-refractivity contribution in [1.29, 1.82) is 0 Å². The third kappa shape index (κ3) is 2.54. The van der Waals surface area contributed by atoms with Gasteiger partial charge in [-0.1, -0.05) is 37.3 Å². The molecule has 0 spiro atoms. The lowest BCUT2D eigenvalue weighted by Crippen LogP contribution is -2.17. The van der Waals surface area contributed by atoms with Crippen molar-refractivity contribution in [2.45, 2.75) is 25.2 Å². The van der Waals surface area contributed by atoms with Gasteiger partial charge in [0.25, 0.3) is 0 Å². The molecule has 4 rings (SSSR count). The summed E-state index contributed by atoms with van der Waals surface area (Å²) in [6.45, 7) is 1.94. The van der Waals surface area contributed by atoms with E-state index >= 15 is 0 Å². The van der Waals surface area contributed by atoms with Gasteiger partial charge in [0, 0.05) is 28.5 Å². The van der Waals surface area contributed by atoms with E-state index in [0.29, 0.717) is 6.42 Å². The number of rotatable bonds is 5. The summed E-state index contributed by atoms with van der Waals surface area (Å²) in [5.74, 6) is -1.17. The predicted octanol–water partition coefficient (Wildman–Crippen LogP) is 5.31. The Labute approximate surface area is 155 Å². The zero-order valence-corrected chi connectivity index (χ0v) is 15.0. The molecule has 0 aliphatic heterocycles. The number of aliphatic carboxylic acids is 1. The van der Waals surface area contributed by atoms with E-state index < -0.39 is 11.4 Å². The van der Waals surface area contributed by atoms with Crippen molar-refractivity contribution in [2.75, 3.05) is 0 Å². The molecular weight excluding hydrogens is 349 g/mol. The fraction of sp³-hybridized carbons (Fsp3) is 0.238. The van der Waals surface area contributed by atoms with Gasteiger partial charge in [-0.15, -0.1) is 11.3 Å². The minimum absolute atomic E-state index is 0.0484. The lowest BCUT2D eigenvalue weighted by molar-refractivity contribution is -0.143. The van der Waals surface area contributed by atoms with E-state index in [2.05, 4.69) is 4.98 Å². The van der Waals surface area contributed by atoms with Crippen LogP contribution in [0.5, 0.6) is 0 Å². The SMILES string of the molecule is CCC1(C(=O)O)C(c2ccccc2)C1c1cnc(-c2ccc(F)cc2)s1. The molecule has 3 nitrogen and oxygen atoms in total. The van der Waals surface area contributed by atoms with Gasteiger partial charge in [0.2, 0.25) is 0 Å². The van der Waals surface area contributed by atoms with E-state index in [1.54, 1.807) is 18.3 Å². The largest absolute Gasteiger partial charge is 0.481 e. The molecule has 132 valence electrons. The van der Waals surface area contributed by atoms with Gasteiger partial charge in [0.1, 0.15) is 10.8 Å². The fourth-order valence-corrected chi connectivity index (χ4v) is 5.18. The third-order valence-electron chi connectivity index (χ3n) is 5.40. The highest BCUT2D eigenvalue weighted by atomic mass is 32.1. The highest BCUT2D eigenvalue weighted by Crippen LogP contribution is 2.72. The van der Waals surface area contributed by atoms with Crippen LogP contribution in [0.4, 0.5) is 4.39 Å². The molecule has 0 saturated heterocycles. The van der Waals surface area contributed by atoms with Crippen LogP contribution in [0.3, 0.4) is 0 Å². The van der Waals surface area contributed by atoms with Crippen LogP contribution in [-0.2, 0) is 4.79 Å². The number of hydrogen-bond donors (Lipinski definition) is 1. The van der Waals surface area contributed by atoms with Gasteiger partial charge in [-0.3, -0.25) is 4.79 Å². The maximum absolute atomic E-state index is 13.1. The molecule has 3 atom stereocenters. The summed E-state index contributed by atoms with van der Waals surface area (Å²) in [6.07, 6.45) is 2.35. The molecule has 1 saturated carbocycles. The van der Waals surface area contributed by atoms with Crippen LogP contribution in [0.2, 0.25) is 0 Å². The lowest BCUT2D eigenvalue weighted by atomic mass is 9.96. The second kappa shape index (κ2) is 6.32. The quantitative estimate of drug-likeness (QED) is 0.665. The Morgan fingerprint density at radius 2 is 1.85 bits per heavy atom. The van der Waals surface area contributed by atoms with E-state index in [9.17, 15) is 14.3 Å². The molecule has 1 fully saturated rings. The topological polar surface area (TPSA) is 50.2 Å². The molecule has 3 unspecified atom stereocenters. The van der Waals surface area contributed by atoms with Crippen LogP contribution >= 0.6 is 11.3 Å². The van der Waals surface area contributed by atoms with Crippen molar-refractivity contribution in [2.24, 2.45) is 5.41 Å². The number of thiazole rings is 1. The zero-order chi connectivity index (χ0) is 18.3. The number of carboxylic acid groups (broad SMARTS) is 1. The summed E-state index contributed by atoms with van der Waals surface area (Å²) in [4.78, 5) is 17.6. The fourth-order valence-electron chi connectivity index (χ4n) is 4.02. The minimum atomic E-state index is -0.784. The van der Waals surface area contributed by atoms with Gasteiger partial charge >= 0.3 is 5.97 Å². The minimum Gasteiger partial charge on any atom is -0.481 e. The maximum atomic E-state index is 13.1. The molecule has 0 amide bonds. The average molecular weight is 367 g/mol. The summed E-state index contributed by atoms with van der Waals surface area (Å²) in [6, 6.07) is 16.1. The van der Waals surface area contributed by atoms with Crippen LogP contribution in [0.1, 0.15) is 35.6 Å². The molecule has 1 aromatic heterocycles. The van der Waals surface area contributed by atoms with E-state index in [0.717, 1.165) is 21.0 Å². The number of hydrogen-bond acceptors (Lipinski definition) is 3. The van der Waals surface area contributed by atoms with Crippen molar-refractivity contribution in [1.82, 2.24) is 4.98 Å². The van der Waals surface area contributed by atoms with Crippen LogP contribution in [-0.4, -0.2) is 16.1 Å². The van der Waals surface area contributed by atoms with E-state index in [-0.39, 0.29) is 17.7 Å². The molecule has 3 aromatic rings. The monoisotopic (exact) mass is 367 g/mol. The van der Waals surface area contributed by atoms with Gasteiger partial charge in [-0.05, 0) is 36.2 Å². The summed E-state index contributed by atoms with van der Waals surface area (Å²) in [7, 11) is 0. The van der Waals surface area contributed by atoms with Gasteiger partial charge in [-0.25, -0.2) is 9.37 Å².